The Hall–Kier alpha value is -1.95. The number of hydrogen-bond donors (Lipinski definition) is 1. The van der Waals surface area contributed by atoms with Gasteiger partial charge in [0.15, 0.2) is 0 Å². The summed E-state index contributed by atoms with van der Waals surface area (Å²) in [6.07, 6.45) is 1.19. The molecule has 0 unspecified atom stereocenters. The fraction of sp³-hybridized carbons (Fsp3) is 0.438. The summed E-state index contributed by atoms with van der Waals surface area (Å²) in [6.45, 7) is 6.33. The first-order valence-corrected chi connectivity index (χ1v) is 8.06. The SMILES string of the molecule is COc1nc(C)cc(C)c1CNC(=O)CCc1scnc1C. The first-order chi connectivity index (χ1) is 10.5. The molecule has 0 atom stereocenters. The zero-order chi connectivity index (χ0) is 16.1. The quantitative estimate of drug-likeness (QED) is 0.889. The first-order valence-electron chi connectivity index (χ1n) is 7.18. The number of carbonyl (C=O) groups is 1. The molecule has 0 radical (unpaired) electrons. The van der Waals surface area contributed by atoms with Gasteiger partial charge in [-0.1, -0.05) is 0 Å². The normalized spacial score (nSPS) is 10.5. The van der Waals surface area contributed by atoms with Gasteiger partial charge in [-0.2, -0.15) is 0 Å². The Labute approximate surface area is 134 Å². The van der Waals surface area contributed by atoms with Crippen LogP contribution in [0.4, 0.5) is 0 Å². The molecular weight excluding hydrogens is 298 g/mol. The second kappa shape index (κ2) is 7.35. The molecule has 0 aliphatic carbocycles. The van der Waals surface area contributed by atoms with Gasteiger partial charge in [0, 0.05) is 29.1 Å². The number of rotatable bonds is 6. The molecule has 2 heterocycles. The summed E-state index contributed by atoms with van der Waals surface area (Å²) in [7, 11) is 1.60. The second-order valence-corrected chi connectivity index (χ2v) is 6.15. The molecule has 0 aliphatic rings. The summed E-state index contributed by atoms with van der Waals surface area (Å²) in [6, 6.07) is 1.99. The fourth-order valence-electron chi connectivity index (χ4n) is 2.28. The third-order valence-electron chi connectivity index (χ3n) is 3.52. The summed E-state index contributed by atoms with van der Waals surface area (Å²) >= 11 is 1.60. The van der Waals surface area contributed by atoms with E-state index in [1.54, 1.807) is 18.4 Å². The van der Waals surface area contributed by atoms with E-state index in [4.69, 9.17) is 4.74 Å². The Bertz CT molecular complexity index is 667. The Morgan fingerprint density at radius 3 is 2.77 bits per heavy atom. The van der Waals surface area contributed by atoms with Gasteiger partial charge >= 0.3 is 0 Å². The minimum absolute atomic E-state index is 0.0230. The number of aromatic nitrogens is 2. The highest BCUT2D eigenvalue weighted by Gasteiger charge is 2.11. The first kappa shape index (κ1) is 16.4. The van der Waals surface area contributed by atoms with Crippen LogP contribution in [0.1, 0.15) is 33.8 Å². The van der Waals surface area contributed by atoms with Crippen LogP contribution < -0.4 is 10.1 Å². The van der Waals surface area contributed by atoms with Gasteiger partial charge in [0.25, 0.3) is 0 Å². The maximum atomic E-state index is 12.0. The monoisotopic (exact) mass is 319 g/mol. The van der Waals surface area contributed by atoms with Crippen molar-refractivity contribution in [1.82, 2.24) is 15.3 Å². The number of nitrogens with zero attached hydrogens (tertiary/aromatic N) is 2. The molecule has 0 saturated heterocycles. The van der Waals surface area contributed by atoms with Crippen LogP contribution >= 0.6 is 11.3 Å². The zero-order valence-corrected chi connectivity index (χ0v) is 14.2. The maximum absolute atomic E-state index is 12.0. The minimum atomic E-state index is 0.0230. The molecule has 118 valence electrons. The zero-order valence-electron chi connectivity index (χ0n) is 13.4. The Morgan fingerprint density at radius 1 is 1.36 bits per heavy atom. The molecule has 6 heteroatoms. The number of carbonyl (C=O) groups excluding carboxylic acids is 1. The van der Waals surface area contributed by atoms with Crippen LogP contribution in [0.3, 0.4) is 0 Å². The molecule has 0 aromatic carbocycles. The second-order valence-electron chi connectivity index (χ2n) is 5.21. The highest BCUT2D eigenvalue weighted by Crippen LogP contribution is 2.20. The Morgan fingerprint density at radius 2 is 2.14 bits per heavy atom. The van der Waals surface area contributed by atoms with Gasteiger partial charge in [-0.15, -0.1) is 11.3 Å². The third kappa shape index (κ3) is 4.04. The Balaban J connectivity index is 1.92. The van der Waals surface area contributed by atoms with E-state index in [2.05, 4.69) is 15.3 Å². The van der Waals surface area contributed by atoms with Crippen molar-refractivity contribution >= 4 is 17.2 Å². The van der Waals surface area contributed by atoms with E-state index in [1.807, 2.05) is 32.3 Å². The molecule has 0 spiro atoms. The van der Waals surface area contributed by atoms with Crippen molar-refractivity contribution in [3.05, 3.63) is 39.0 Å². The molecule has 0 saturated carbocycles. The standard InChI is InChI=1S/C16H21N3O2S/c1-10-7-11(2)19-16(21-4)13(10)8-17-15(20)6-5-14-12(3)18-9-22-14/h7,9H,5-6,8H2,1-4H3,(H,17,20). The van der Waals surface area contributed by atoms with Crippen LogP contribution in [0, 0.1) is 20.8 Å². The van der Waals surface area contributed by atoms with E-state index in [-0.39, 0.29) is 5.91 Å². The van der Waals surface area contributed by atoms with Crippen LogP contribution in [-0.4, -0.2) is 23.0 Å². The van der Waals surface area contributed by atoms with Crippen LogP contribution in [0.5, 0.6) is 5.88 Å². The summed E-state index contributed by atoms with van der Waals surface area (Å²) in [5, 5.41) is 2.94. The molecule has 2 rings (SSSR count). The number of methoxy groups -OCH3 is 1. The highest BCUT2D eigenvalue weighted by atomic mass is 32.1. The van der Waals surface area contributed by atoms with Gasteiger partial charge in [-0.05, 0) is 38.8 Å². The van der Waals surface area contributed by atoms with Crippen molar-refractivity contribution in [2.24, 2.45) is 0 Å². The van der Waals surface area contributed by atoms with Crippen LogP contribution in [-0.2, 0) is 17.8 Å². The van der Waals surface area contributed by atoms with E-state index < -0.39 is 0 Å². The van der Waals surface area contributed by atoms with Crippen molar-refractivity contribution < 1.29 is 9.53 Å². The number of pyridine rings is 1. The molecule has 5 nitrogen and oxygen atoms in total. The molecule has 22 heavy (non-hydrogen) atoms. The summed E-state index contributed by atoms with van der Waals surface area (Å²) in [4.78, 5) is 21.7. The van der Waals surface area contributed by atoms with Gasteiger partial charge in [0.2, 0.25) is 11.8 Å². The molecule has 0 aliphatic heterocycles. The van der Waals surface area contributed by atoms with Crippen molar-refractivity contribution in [2.45, 2.75) is 40.2 Å². The van der Waals surface area contributed by atoms with E-state index in [1.165, 1.54) is 4.88 Å². The average Bonchev–Trinajstić information content (AvgIpc) is 2.88. The lowest BCUT2D eigenvalue weighted by Gasteiger charge is -2.12. The lowest BCUT2D eigenvalue weighted by Crippen LogP contribution is -2.24. The lowest BCUT2D eigenvalue weighted by atomic mass is 10.1. The van der Waals surface area contributed by atoms with Crippen molar-refractivity contribution in [3.63, 3.8) is 0 Å². The molecule has 2 aromatic rings. The summed E-state index contributed by atoms with van der Waals surface area (Å²) in [5.41, 5.74) is 5.73. The predicted molar refractivity (Wildman–Crippen MR) is 87.3 cm³/mol. The molecule has 1 amide bonds. The van der Waals surface area contributed by atoms with Gasteiger partial charge in [-0.25, -0.2) is 9.97 Å². The Kier molecular flexibility index (Phi) is 5.49. The third-order valence-corrected chi connectivity index (χ3v) is 4.51. The average molecular weight is 319 g/mol. The van der Waals surface area contributed by atoms with Crippen LogP contribution in [0.2, 0.25) is 0 Å². The van der Waals surface area contributed by atoms with Gasteiger partial charge < -0.3 is 10.1 Å². The van der Waals surface area contributed by atoms with E-state index in [9.17, 15) is 4.79 Å². The number of thiazole rings is 1. The minimum Gasteiger partial charge on any atom is -0.481 e. The molecular formula is C16H21N3O2S. The smallest absolute Gasteiger partial charge is 0.220 e. The molecule has 1 N–H and O–H groups in total. The largest absolute Gasteiger partial charge is 0.481 e. The highest BCUT2D eigenvalue weighted by molar-refractivity contribution is 7.09. The van der Waals surface area contributed by atoms with Gasteiger partial charge in [-0.3, -0.25) is 4.79 Å². The van der Waals surface area contributed by atoms with E-state index in [0.717, 1.165) is 28.9 Å². The van der Waals surface area contributed by atoms with Crippen LogP contribution in [0.15, 0.2) is 11.6 Å². The maximum Gasteiger partial charge on any atom is 0.220 e. The van der Waals surface area contributed by atoms with Crippen molar-refractivity contribution in [1.29, 1.82) is 0 Å². The molecule has 2 aromatic heterocycles. The molecule has 0 bridgehead atoms. The van der Waals surface area contributed by atoms with Crippen molar-refractivity contribution in [3.8, 4) is 5.88 Å². The lowest BCUT2D eigenvalue weighted by molar-refractivity contribution is -0.121. The number of amides is 1. The topological polar surface area (TPSA) is 64.1 Å². The summed E-state index contributed by atoms with van der Waals surface area (Å²) < 4.78 is 5.30. The van der Waals surface area contributed by atoms with E-state index >= 15 is 0 Å². The number of ether oxygens (including phenoxy) is 1. The number of hydrogen-bond acceptors (Lipinski definition) is 5. The van der Waals surface area contributed by atoms with Gasteiger partial charge in [0.05, 0.1) is 18.3 Å². The number of aryl methyl sites for hydroxylation is 4. The number of nitrogens with one attached hydrogen (secondary N) is 1. The predicted octanol–water partition coefficient (Wildman–Crippen LogP) is 2.72. The van der Waals surface area contributed by atoms with E-state index in [0.29, 0.717) is 18.8 Å². The van der Waals surface area contributed by atoms with Crippen molar-refractivity contribution in [2.75, 3.05) is 7.11 Å². The van der Waals surface area contributed by atoms with Gasteiger partial charge in [0.1, 0.15) is 0 Å². The summed E-state index contributed by atoms with van der Waals surface area (Å²) in [5.74, 6) is 0.603. The fourth-order valence-corrected chi connectivity index (χ4v) is 3.06. The molecule has 0 fully saturated rings. The van der Waals surface area contributed by atoms with Crippen LogP contribution in [0.25, 0.3) is 0 Å².